The Balaban J connectivity index is 1.80. The first-order valence-corrected chi connectivity index (χ1v) is 11.4. The summed E-state index contributed by atoms with van der Waals surface area (Å²) in [6, 6.07) is 22.5. The van der Waals surface area contributed by atoms with E-state index in [1.807, 2.05) is 0 Å². The van der Waals surface area contributed by atoms with Crippen molar-refractivity contribution in [1.82, 2.24) is 0 Å². The van der Waals surface area contributed by atoms with Gasteiger partial charge in [0.05, 0.1) is 22.3 Å². The summed E-state index contributed by atoms with van der Waals surface area (Å²) in [5, 5.41) is 19.4. The maximum atomic E-state index is 13.3. The van der Waals surface area contributed by atoms with Crippen molar-refractivity contribution in [3.05, 3.63) is 142 Å². The Bertz CT molecular complexity index is 1520. The molecule has 0 saturated heterocycles. The zero-order chi connectivity index (χ0) is 28.1. The molecule has 9 heteroatoms. The second-order valence-electron chi connectivity index (χ2n) is 8.13. The normalized spacial score (nSPS) is 10.4. The standard InChI is InChI=1S/C30H18O9/c31-25(17-9-3-1-4-10-17)19-13-7-15-21(27(33)34)23(19)29(37)39-30(38)24-20(14-8-16-22(24)28(35)36)26(32)18-11-5-2-6-12-18/h1-16H,(H,33,34)(H,35,36). The Hall–Kier alpha value is -5.70. The summed E-state index contributed by atoms with van der Waals surface area (Å²) in [6.45, 7) is 0. The van der Waals surface area contributed by atoms with Gasteiger partial charge in [0.25, 0.3) is 0 Å². The molecule has 4 aromatic rings. The molecule has 2 N–H and O–H groups in total. The van der Waals surface area contributed by atoms with E-state index in [1.165, 1.54) is 48.5 Å². The Morgan fingerprint density at radius 1 is 0.436 bits per heavy atom. The largest absolute Gasteiger partial charge is 0.478 e. The number of carboxylic acids is 2. The highest BCUT2D eigenvalue weighted by atomic mass is 16.6. The molecule has 192 valence electrons. The second kappa shape index (κ2) is 11.1. The minimum atomic E-state index is -1.57. The molecule has 0 unspecified atom stereocenters. The molecule has 4 aromatic carbocycles. The van der Waals surface area contributed by atoms with E-state index in [2.05, 4.69) is 0 Å². The first kappa shape index (κ1) is 26.4. The van der Waals surface area contributed by atoms with E-state index in [9.17, 15) is 39.0 Å². The number of rotatable bonds is 8. The third-order valence-electron chi connectivity index (χ3n) is 5.74. The fourth-order valence-electron chi connectivity index (χ4n) is 3.96. The van der Waals surface area contributed by atoms with Crippen molar-refractivity contribution in [2.24, 2.45) is 0 Å². The van der Waals surface area contributed by atoms with Crippen molar-refractivity contribution in [2.45, 2.75) is 0 Å². The highest BCUT2D eigenvalue weighted by molar-refractivity contribution is 6.21. The fraction of sp³-hybridized carbons (Fsp3) is 0. The SMILES string of the molecule is O=C(O)c1cccc(C(=O)c2ccccc2)c1C(=O)OC(=O)c1c(C(=O)O)cccc1C(=O)c1ccccc1. The Morgan fingerprint density at radius 3 is 1.10 bits per heavy atom. The number of ether oxygens (including phenoxy) is 1. The summed E-state index contributed by atoms with van der Waals surface area (Å²) in [5.41, 5.74) is -3.01. The van der Waals surface area contributed by atoms with Gasteiger partial charge in [0.15, 0.2) is 11.6 Å². The molecule has 0 aliphatic carbocycles. The number of esters is 2. The smallest absolute Gasteiger partial charge is 0.347 e. The van der Waals surface area contributed by atoms with Gasteiger partial charge >= 0.3 is 23.9 Å². The van der Waals surface area contributed by atoms with Crippen LogP contribution in [0.25, 0.3) is 0 Å². The highest BCUT2D eigenvalue weighted by Gasteiger charge is 2.31. The summed E-state index contributed by atoms with van der Waals surface area (Å²) < 4.78 is 4.95. The third-order valence-corrected chi connectivity index (χ3v) is 5.74. The van der Waals surface area contributed by atoms with Gasteiger partial charge < -0.3 is 14.9 Å². The molecule has 0 aliphatic heterocycles. The molecule has 4 rings (SSSR count). The predicted octanol–water partition coefficient (Wildman–Crippen LogP) is 4.54. The summed E-state index contributed by atoms with van der Waals surface area (Å²) in [7, 11) is 0. The maximum Gasteiger partial charge on any atom is 0.347 e. The minimum Gasteiger partial charge on any atom is -0.478 e. The van der Waals surface area contributed by atoms with Crippen molar-refractivity contribution < 1.29 is 43.7 Å². The third kappa shape index (κ3) is 5.37. The summed E-state index contributed by atoms with van der Waals surface area (Å²) in [6.07, 6.45) is 0. The molecule has 39 heavy (non-hydrogen) atoms. The van der Waals surface area contributed by atoms with E-state index >= 15 is 0 Å². The van der Waals surface area contributed by atoms with Gasteiger partial charge in [-0.05, 0) is 12.1 Å². The molecule has 0 amide bonds. The van der Waals surface area contributed by atoms with Gasteiger partial charge in [-0.1, -0.05) is 84.9 Å². The summed E-state index contributed by atoms with van der Waals surface area (Å²) >= 11 is 0. The van der Waals surface area contributed by atoms with Crippen LogP contribution in [0.4, 0.5) is 0 Å². The number of carbonyl (C=O) groups is 6. The minimum absolute atomic E-state index is 0.146. The van der Waals surface area contributed by atoms with Crippen LogP contribution >= 0.6 is 0 Å². The molecule has 0 fully saturated rings. The van der Waals surface area contributed by atoms with Gasteiger partial charge in [0, 0.05) is 22.3 Å². The van der Waals surface area contributed by atoms with E-state index in [0.29, 0.717) is 0 Å². The van der Waals surface area contributed by atoms with Gasteiger partial charge in [0.1, 0.15) is 0 Å². The molecule has 0 aliphatic rings. The number of hydrogen-bond acceptors (Lipinski definition) is 7. The molecule has 0 radical (unpaired) electrons. The van der Waals surface area contributed by atoms with E-state index in [0.717, 1.165) is 12.1 Å². The zero-order valence-corrected chi connectivity index (χ0v) is 20.0. The molecule has 0 aromatic heterocycles. The number of carbonyl (C=O) groups excluding carboxylic acids is 4. The zero-order valence-electron chi connectivity index (χ0n) is 20.0. The molecule has 0 atom stereocenters. The van der Waals surface area contributed by atoms with Crippen LogP contribution in [0.15, 0.2) is 97.1 Å². The average Bonchev–Trinajstić information content (AvgIpc) is 2.96. The van der Waals surface area contributed by atoms with E-state index < -0.39 is 57.7 Å². The second-order valence-corrected chi connectivity index (χ2v) is 8.13. The van der Waals surface area contributed by atoms with Crippen LogP contribution in [0.1, 0.15) is 73.3 Å². The number of aromatic carboxylic acids is 2. The molecule has 9 nitrogen and oxygen atoms in total. The highest BCUT2D eigenvalue weighted by Crippen LogP contribution is 2.24. The van der Waals surface area contributed by atoms with Crippen molar-refractivity contribution in [3.8, 4) is 0 Å². The fourth-order valence-corrected chi connectivity index (χ4v) is 3.96. The van der Waals surface area contributed by atoms with Crippen LogP contribution in [0, 0.1) is 0 Å². The molecular formula is C30H18O9. The van der Waals surface area contributed by atoms with Crippen molar-refractivity contribution in [1.29, 1.82) is 0 Å². The van der Waals surface area contributed by atoms with E-state index in [-0.39, 0.29) is 22.3 Å². The van der Waals surface area contributed by atoms with Crippen LogP contribution in [0.5, 0.6) is 0 Å². The van der Waals surface area contributed by atoms with Crippen LogP contribution in [0.2, 0.25) is 0 Å². The quantitative estimate of drug-likeness (QED) is 0.193. The molecule has 0 bridgehead atoms. The first-order valence-electron chi connectivity index (χ1n) is 11.4. The topological polar surface area (TPSA) is 152 Å². The lowest BCUT2D eigenvalue weighted by Crippen LogP contribution is -2.23. The van der Waals surface area contributed by atoms with Crippen molar-refractivity contribution >= 4 is 35.4 Å². The lowest BCUT2D eigenvalue weighted by Gasteiger charge is -2.13. The Morgan fingerprint density at radius 2 is 0.769 bits per heavy atom. The van der Waals surface area contributed by atoms with Crippen LogP contribution in [0.3, 0.4) is 0 Å². The van der Waals surface area contributed by atoms with E-state index in [4.69, 9.17) is 4.74 Å². The van der Waals surface area contributed by atoms with Gasteiger partial charge in [-0.3, -0.25) is 9.59 Å². The summed E-state index contributed by atoms with van der Waals surface area (Å²) in [5.74, 6) is -7.55. The summed E-state index contributed by atoms with van der Waals surface area (Å²) in [4.78, 5) is 76.6. The maximum absolute atomic E-state index is 13.3. The molecule has 0 spiro atoms. The Labute approximate surface area is 220 Å². The predicted molar refractivity (Wildman–Crippen MR) is 136 cm³/mol. The van der Waals surface area contributed by atoms with Gasteiger partial charge in [-0.15, -0.1) is 0 Å². The van der Waals surface area contributed by atoms with E-state index in [1.54, 1.807) is 36.4 Å². The van der Waals surface area contributed by atoms with Gasteiger partial charge in [-0.2, -0.15) is 0 Å². The number of hydrogen-bond donors (Lipinski definition) is 2. The monoisotopic (exact) mass is 522 g/mol. The van der Waals surface area contributed by atoms with Crippen LogP contribution in [-0.2, 0) is 4.74 Å². The van der Waals surface area contributed by atoms with Gasteiger partial charge in [-0.25, -0.2) is 19.2 Å². The number of carboxylic acid groups (broad SMARTS) is 2. The van der Waals surface area contributed by atoms with Crippen LogP contribution in [-0.4, -0.2) is 45.7 Å². The number of benzene rings is 4. The lowest BCUT2D eigenvalue weighted by molar-refractivity contribution is 0.0383. The van der Waals surface area contributed by atoms with Crippen molar-refractivity contribution in [3.63, 3.8) is 0 Å². The number of ketones is 2. The molecular weight excluding hydrogens is 504 g/mol. The van der Waals surface area contributed by atoms with Crippen molar-refractivity contribution in [2.75, 3.05) is 0 Å². The molecule has 0 saturated carbocycles. The Kier molecular flexibility index (Phi) is 7.53. The van der Waals surface area contributed by atoms with Crippen LogP contribution < -0.4 is 0 Å². The first-order chi connectivity index (χ1) is 18.7. The van der Waals surface area contributed by atoms with Gasteiger partial charge in [0.2, 0.25) is 0 Å². The lowest BCUT2D eigenvalue weighted by atomic mass is 9.93. The average molecular weight is 522 g/mol. The molecule has 0 heterocycles.